The lowest BCUT2D eigenvalue weighted by Gasteiger charge is -2.36. The summed E-state index contributed by atoms with van der Waals surface area (Å²) < 4.78 is 18.9. The van der Waals surface area contributed by atoms with Crippen LogP contribution in [0.25, 0.3) is 0 Å². The molecule has 0 unspecified atom stereocenters. The van der Waals surface area contributed by atoms with Gasteiger partial charge in [0.05, 0.1) is 19.3 Å². The molecule has 1 saturated heterocycles. The number of piperazine rings is 1. The molecule has 1 N–H and O–H groups in total. The van der Waals surface area contributed by atoms with Crippen LogP contribution in [-0.2, 0) is 13.1 Å². The van der Waals surface area contributed by atoms with Crippen LogP contribution in [0.15, 0.2) is 23.2 Å². The van der Waals surface area contributed by atoms with Crippen LogP contribution in [0.4, 0.5) is 4.39 Å². The van der Waals surface area contributed by atoms with E-state index >= 15 is 0 Å². The third-order valence-electron chi connectivity index (χ3n) is 4.98. The molecular formula is C20H28FN5OS. The molecule has 1 fully saturated rings. The van der Waals surface area contributed by atoms with E-state index in [9.17, 15) is 4.39 Å². The normalized spacial score (nSPS) is 15.8. The zero-order chi connectivity index (χ0) is 20.1. The molecule has 8 heteroatoms. The maximum absolute atomic E-state index is 13.9. The molecule has 0 bridgehead atoms. The van der Waals surface area contributed by atoms with Gasteiger partial charge < -0.3 is 15.0 Å². The van der Waals surface area contributed by atoms with Gasteiger partial charge in [-0.1, -0.05) is 6.07 Å². The van der Waals surface area contributed by atoms with Gasteiger partial charge in [0.2, 0.25) is 0 Å². The Labute approximate surface area is 170 Å². The first kappa shape index (κ1) is 20.5. The quantitative estimate of drug-likeness (QED) is 0.612. The van der Waals surface area contributed by atoms with Crippen LogP contribution in [0.2, 0.25) is 0 Å². The first-order valence-electron chi connectivity index (χ1n) is 9.43. The number of thiazole rings is 1. The van der Waals surface area contributed by atoms with Crippen molar-refractivity contribution in [3.8, 4) is 5.75 Å². The zero-order valence-electron chi connectivity index (χ0n) is 17.0. The van der Waals surface area contributed by atoms with Gasteiger partial charge in [0, 0.05) is 44.6 Å². The predicted molar refractivity (Wildman–Crippen MR) is 112 cm³/mol. The maximum Gasteiger partial charge on any atom is 0.194 e. The maximum atomic E-state index is 13.9. The Morgan fingerprint density at radius 3 is 2.61 bits per heavy atom. The summed E-state index contributed by atoms with van der Waals surface area (Å²) in [6, 6.07) is 5.17. The number of guanidine groups is 1. The number of methoxy groups -OCH3 is 1. The van der Waals surface area contributed by atoms with Gasteiger partial charge in [-0.3, -0.25) is 9.89 Å². The van der Waals surface area contributed by atoms with E-state index in [0.717, 1.165) is 54.9 Å². The number of aryl methyl sites for hydroxylation is 2. The van der Waals surface area contributed by atoms with Gasteiger partial charge in [-0.15, -0.1) is 11.3 Å². The van der Waals surface area contributed by atoms with E-state index in [2.05, 4.69) is 32.0 Å². The number of benzene rings is 1. The summed E-state index contributed by atoms with van der Waals surface area (Å²) in [5.74, 6) is 0.880. The largest absolute Gasteiger partial charge is 0.494 e. The molecule has 1 aromatic carbocycles. The Kier molecular flexibility index (Phi) is 6.85. The highest BCUT2D eigenvalue weighted by molar-refractivity contribution is 7.11. The fourth-order valence-corrected chi connectivity index (χ4v) is 4.16. The Balaban J connectivity index is 1.50. The third kappa shape index (κ3) is 4.99. The van der Waals surface area contributed by atoms with Gasteiger partial charge in [0.1, 0.15) is 5.01 Å². The summed E-state index contributed by atoms with van der Waals surface area (Å²) in [5.41, 5.74) is 2.06. The molecule has 0 radical (unpaired) electrons. The second kappa shape index (κ2) is 9.34. The monoisotopic (exact) mass is 405 g/mol. The van der Waals surface area contributed by atoms with E-state index in [1.807, 2.05) is 20.0 Å². The van der Waals surface area contributed by atoms with Gasteiger partial charge in [-0.05, 0) is 31.5 Å². The second-order valence-corrected chi connectivity index (χ2v) is 8.17. The van der Waals surface area contributed by atoms with Crippen molar-refractivity contribution >= 4 is 17.3 Å². The molecule has 2 aromatic rings. The minimum atomic E-state index is -0.309. The van der Waals surface area contributed by atoms with Crippen LogP contribution in [-0.4, -0.2) is 61.1 Å². The average molecular weight is 406 g/mol. The molecule has 0 aliphatic carbocycles. The lowest BCUT2D eigenvalue weighted by molar-refractivity contribution is 0.172. The molecular weight excluding hydrogens is 377 g/mol. The fourth-order valence-electron chi connectivity index (χ4n) is 3.29. The molecule has 6 nitrogen and oxygen atoms in total. The predicted octanol–water partition coefficient (Wildman–Crippen LogP) is 2.80. The average Bonchev–Trinajstić information content (AvgIpc) is 3.01. The van der Waals surface area contributed by atoms with E-state index in [-0.39, 0.29) is 11.6 Å². The van der Waals surface area contributed by atoms with Crippen molar-refractivity contribution in [2.75, 3.05) is 40.3 Å². The third-order valence-corrected chi connectivity index (χ3v) is 6.05. The number of rotatable bonds is 5. The number of nitrogens with one attached hydrogen (secondary N) is 1. The smallest absolute Gasteiger partial charge is 0.194 e. The summed E-state index contributed by atoms with van der Waals surface area (Å²) in [5, 5.41) is 4.50. The Morgan fingerprint density at radius 1 is 1.29 bits per heavy atom. The van der Waals surface area contributed by atoms with Crippen molar-refractivity contribution in [2.24, 2.45) is 4.99 Å². The van der Waals surface area contributed by atoms with Gasteiger partial charge >= 0.3 is 0 Å². The van der Waals surface area contributed by atoms with Crippen LogP contribution in [0.1, 0.15) is 21.1 Å². The van der Waals surface area contributed by atoms with Crippen molar-refractivity contribution in [3.63, 3.8) is 0 Å². The molecule has 28 heavy (non-hydrogen) atoms. The molecule has 1 aliphatic heterocycles. The van der Waals surface area contributed by atoms with E-state index in [4.69, 9.17) is 4.74 Å². The molecule has 1 aliphatic rings. The van der Waals surface area contributed by atoms with Crippen molar-refractivity contribution in [2.45, 2.75) is 26.9 Å². The molecule has 1 aromatic heterocycles. The van der Waals surface area contributed by atoms with Crippen LogP contribution in [0, 0.1) is 19.7 Å². The van der Waals surface area contributed by atoms with E-state index in [0.29, 0.717) is 6.54 Å². The number of hydrogen-bond donors (Lipinski definition) is 1. The number of ether oxygens (including phenoxy) is 1. The Bertz CT molecular complexity index is 810. The first-order chi connectivity index (χ1) is 13.5. The molecule has 0 atom stereocenters. The molecule has 152 valence electrons. The summed E-state index contributed by atoms with van der Waals surface area (Å²) >= 11 is 1.72. The topological polar surface area (TPSA) is 53.0 Å². The van der Waals surface area contributed by atoms with Crippen molar-refractivity contribution in [1.82, 2.24) is 20.1 Å². The zero-order valence-corrected chi connectivity index (χ0v) is 17.8. The van der Waals surface area contributed by atoms with Crippen LogP contribution in [0.3, 0.4) is 0 Å². The highest BCUT2D eigenvalue weighted by Gasteiger charge is 2.20. The Hall–Kier alpha value is -2.19. The summed E-state index contributed by atoms with van der Waals surface area (Å²) in [4.78, 5) is 14.9. The van der Waals surface area contributed by atoms with Crippen molar-refractivity contribution < 1.29 is 9.13 Å². The van der Waals surface area contributed by atoms with Gasteiger partial charge in [-0.2, -0.15) is 0 Å². The Morgan fingerprint density at radius 2 is 2.04 bits per heavy atom. The molecule has 0 spiro atoms. The van der Waals surface area contributed by atoms with E-state index in [1.165, 1.54) is 12.0 Å². The molecule has 0 saturated carbocycles. The number of nitrogens with zero attached hydrogens (tertiary/aromatic N) is 4. The van der Waals surface area contributed by atoms with Gasteiger partial charge in [0.15, 0.2) is 17.5 Å². The molecule has 3 rings (SSSR count). The molecule has 2 heterocycles. The molecule has 0 amide bonds. The van der Waals surface area contributed by atoms with Gasteiger partial charge in [0.25, 0.3) is 0 Å². The standard InChI is InChI=1S/C20H28FN5OS/c1-14-15(2)28-19(24-14)12-23-20(22-3)26-9-7-25(8-10-26)13-16-5-6-18(27-4)17(21)11-16/h5-6,11H,7-10,12-13H2,1-4H3,(H,22,23). The van der Waals surface area contributed by atoms with Crippen molar-refractivity contribution in [1.29, 1.82) is 0 Å². The van der Waals surface area contributed by atoms with Crippen LogP contribution < -0.4 is 10.1 Å². The number of hydrogen-bond acceptors (Lipinski definition) is 5. The highest BCUT2D eigenvalue weighted by Crippen LogP contribution is 2.19. The highest BCUT2D eigenvalue weighted by atomic mass is 32.1. The second-order valence-electron chi connectivity index (χ2n) is 6.88. The first-order valence-corrected chi connectivity index (χ1v) is 10.2. The van der Waals surface area contributed by atoms with Gasteiger partial charge in [-0.25, -0.2) is 9.37 Å². The van der Waals surface area contributed by atoms with E-state index in [1.54, 1.807) is 23.5 Å². The lowest BCUT2D eigenvalue weighted by atomic mass is 10.2. The van der Waals surface area contributed by atoms with Crippen LogP contribution >= 0.6 is 11.3 Å². The lowest BCUT2D eigenvalue weighted by Crippen LogP contribution is -2.52. The van der Waals surface area contributed by atoms with E-state index < -0.39 is 0 Å². The summed E-state index contributed by atoms with van der Waals surface area (Å²) in [6.45, 7) is 9.14. The number of halogens is 1. The summed E-state index contributed by atoms with van der Waals surface area (Å²) in [6.07, 6.45) is 0. The fraction of sp³-hybridized carbons (Fsp3) is 0.500. The minimum absolute atomic E-state index is 0.286. The summed E-state index contributed by atoms with van der Waals surface area (Å²) in [7, 11) is 3.29. The number of aromatic nitrogens is 1. The van der Waals surface area contributed by atoms with Crippen molar-refractivity contribution in [3.05, 3.63) is 45.2 Å². The SMILES string of the molecule is CN=C(NCc1nc(C)c(C)s1)N1CCN(Cc2ccc(OC)c(F)c2)CC1. The van der Waals surface area contributed by atoms with Crippen LogP contribution in [0.5, 0.6) is 5.75 Å². The minimum Gasteiger partial charge on any atom is -0.494 e. The number of aliphatic imine (C=N–C) groups is 1.